The van der Waals surface area contributed by atoms with Crippen LogP contribution >= 0.6 is 0 Å². The molecule has 254 valence electrons. The topological polar surface area (TPSA) is 208 Å². The number of H-pyrrole nitrogens is 1. The molecule has 14 nitrogen and oxygen atoms in total. The number of nitro benzene ring substituents is 1. The number of amides is 3. The summed E-state index contributed by atoms with van der Waals surface area (Å²) in [5.41, 5.74) is 8.25. The first kappa shape index (κ1) is 32.5. The zero-order valence-electron chi connectivity index (χ0n) is 26.7. The van der Waals surface area contributed by atoms with Crippen molar-refractivity contribution in [3.63, 3.8) is 0 Å². The van der Waals surface area contributed by atoms with E-state index >= 15 is 0 Å². The van der Waals surface area contributed by atoms with Crippen LogP contribution in [-0.2, 0) is 22.4 Å². The molecule has 7 aromatic rings. The number of nitrogens with zero attached hydrogens (tertiary/aromatic N) is 3. The standard InChI is InChI=1S/C37H29N7O7/c38-35(45)29(19-23-20-39-28-11-4-3-9-26(23)28)40-37(47)30(41-36(46)27-10-5-7-22-6-1-2-8-25(22)27)18-21-12-14-24(15-13-21)50-32-17-16-31(44(48)49)33-34(32)43-51-42-33/h1-17,20,29-30,39H,18-19H2,(H2,38,45)(H,40,47)(H,41,46)/t29-,30+/m1/s1. The molecule has 0 aliphatic carbocycles. The normalized spacial score (nSPS) is 12.4. The number of hydrogen-bond donors (Lipinski definition) is 4. The van der Waals surface area contributed by atoms with E-state index in [1.54, 1.807) is 42.6 Å². The van der Waals surface area contributed by atoms with Crippen LogP contribution in [0.2, 0.25) is 0 Å². The summed E-state index contributed by atoms with van der Waals surface area (Å²) >= 11 is 0. The molecule has 0 spiro atoms. The predicted molar refractivity (Wildman–Crippen MR) is 187 cm³/mol. The lowest BCUT2D eigenvalue weighted by molar-refractivity contribution is -0.383. The predicted octanol–water partition coefficient (Wildman–Crippen LogP) is 5.11. The minimum atomic E-state index is -1.11. The van der Waals surface area contributed by atoms with Crippen molar-refractivity contribution in [2.24, 2.45) is 5.73 Å². The van der Waals surface area contributed by atoms with Crippen LogP contribution in [0.25, 0.3) is 32.7 Å². The highest BCUT2D eigenvalue weighted by atomic mass is 16.6. The first-order valence-corrected chi connectivity index (χ1v) is 15.8. The number of carbonyl (C=O) groups is 3. The van der Waals surface area contributed by atoms with Gasteiger partial charge in [0, 0.05) is 41.6 Å². The van der Waals surface area contributed by atoms with E-state index in [0.29, 0.717) is 16.9 Å². The Labute approximate surface area is 288 Å². The van der Waals surface area contributed by atoms with Crippen molar-refractivity contribution in [1.29, 1.82) is 0 Å². The summed E-state index contributed by atoms with van der Waals surface area (Å²) in [6.07, 6.45) is 1.96. The van der Waals surface area contributed by atoms with Crippen LogP contribution in [-0.4, -0.2) is 50.0 Å². The number of nitrogens with one attached hydrogen (secondary N) is 3. The maximum Gasteiger partial charge on any atom is 0.301 e. The number of nitrogens with two attached hydrogens (primary N) is 1. The van der Waals surface area contributed by atoms with Gasteiger partial charge in [-0.15, -0.1) is 0 Å². The average molecular weight is 684 g/mol. The molecule has 2 atom stereocenters. The molecule has 0 unspecified atom stereocenters. The van der Waals surface area contributed by atoms with Gasteiger partial charge in [-0.3, -0.25) is 24.5 Å². The van der Waals surface area contributed by atoms with Gasteiger partial charge in [0.15, 0.2) is 11.3 Å². The summed E-state index contributed by atoms with van der Waals surface area (Å²) in [7, 11) is 0. The second-order valence-electron chi connectivity index (χ2n) is 11.8. The number of carbonyl (C=O) groups excluding carboxylic acids is 3. The van der Waals surface area contributed by atoms with Crippen molar-refractivity contribution in [2.75, 3.05) is 0 Å². The number of aromatic nitrogens is 3. The monoisotopic (exact) mass is 683 g/mol. The molecular formula is C37H29N7O7. The van der Waals surface area contributed by atoms with E-state index in [1.807, 2.05) is 54.6 Å². The van der Waals surface area contributed by atoms with Crippen molar-refractivity contribution >= 4 is 56.1 Å². The Morgan fingerprint density at radius 2 is 1.55 bits per heavy atom. The van der Waals surface area contributed by atoms with Crippen LogP contribution < -0.4 is 21.1 Å². The molecule has 0 aliphatic heterocycles. The highest BCUT2D eigenvalue weighted by Gasteiger charge is 2.28. The largest absolute Gasteiger partial charge is 0.455 e. The molecular weight excluding hydrogens is 654 g/mol. The lowest BCUT2D eigenvalue weighted by Crippen LogP contribution is -2.54. The van der Waals surface area contributed by atoms with E-state index in [2.05, 4.69) is 25.9 Å². The molecule has 0 saturated heterocycles. The minimum Gasteiger partial charge on any atom is -0.455 e. The molecule has 7 rings (SSSR count). The minimum absolute atomic E-state index is 0.0518. The van der Waals surface area contributed by atoms with E-state index in [0.717, 1.165) is 27.2 Å². The van der Waals surface area contributed by atoms with Gasteiger partial charge < -0.3 is 26.1 Å². The molecule has 0 aliphatic rings. The fraction of sp³-hybridized carbons (Fsp3) is 0.108. The molecule has 5 aromatic carbocycles. The number of primary amides is 1. The molecule has 2 aromatic heterocycles. The van der Waals surface area contributed by atoms with Gasteiger partial charge in [0.25, 0.3) is 5.91 Å². The Morgan fingerprint density at radius 3 is 2.33 bits per heavy atom. The molecule has 0 radical (unpaired) electrons. The Bertz CT molecular complexity index is 2430. The summed E-state index contributed by atoms with van der Waals surface area (Å²) in [6.45, 7) is 0. The number of non-ortho nitro benzene ring substituents is 1. The van der Waals surface area contributed by atoms with Crippen LogP contribution in [0.3, 0.4) is 0 Å². The van der Waals surface area contributed by atoms with Gasteiger partial charge in [-0.05, 0) is 62.5 Å². The molecule has 3 amide bonds. The summed E-state index contributed by atoms with van der Waals surface area (Å²) in [6, 6.07) is 27.5. The zero-order valence-corrected chi connectivity index (χ0v) is 26.7. The third-order valence-corrected chi connectivity index (χ3v) is 8.56. The van der Waals surface area contributed by atoms with Crippen molar-refractivity contribution in [1.82, 2.24) is 25.9 Å². The van der Waals surface area contributed by atoms with Crippen molar-refractivity contribution in [3.8, 4) is 11.5 Å². The first-order valence-electron chi connectivity index (χ1n) is 15.8. The van der Waals surface area contributed by atoms with E-state index in [-0.39, 0.29) is 35.3 Å². The smallest absolute Gasteiger partial charge is 0.301 e. The third-order valence-electron chi connectivity index (χ3n) is 8.56. The summed E-state index contributed by atoms with van der Waals surface area (Å²) in [4.78, 5) is 54.2. The number of benzene rings is 5. The van der Waals surface area contributed by atoms with E-state index in [9.17, 15) is 24.5 Å². The summed E-state index contributed by atoms with van der Waals surface area (Å²) in [5.74, 6) is -1.24. The maximum absolute atomic E-state index is 13.9. The molecule has 2 heterocycles. The van der Waals surface area contributed by atoms with Crippen LogP contribution in [0, 0.1) is 10.1 Å². The number of ether oxygens (including phenoxy) is 1. The third kappa shape index (κ3) is 6.78. The number of fused-ring (bicyclic) bond motifs is 3. The lowest BCUT2D eigenvalue weighted by atomic mass is 10.0. The van der Waals surface area contributed by atoms with Crippen LogP contribution in [0.1, 0.15) is 21.5 Å². The van der Waals surface area contributed by atoms with Gasteiger partial charge in [-0.2, -0.15) is 0 Å². The van der Waals surface area contributed by atoms with Crippen molar-refractivity contribution in [2.45, 2.75) is 24.9 Å². The summed E-state index contributed by atoms with van der Waals surface area (Å²) < 4.78 is 10.6. The second-order valence-corrected chi connectivity index (χ2v) is 11.8. The van der Waals surface area contributed by atoms with Gasteiger partial charge in [-0.1, -0.05) is 66.7 Å². The average Bonchev–Trinajstić information content (AvgIpc) is 3.80. The van der Waals surface area contributed by atoms with Crippen molar-refractivity contribution < 1.29 is 28.7 Å². The molecule has 0 bridgehead atoms. The lowest BCUT2D eigenvalue weighted by Gasteiger charge is -2.22. The molecule has 5 N–H and O–H groups in total. The van der Waals surface area contributed by atoms with Crippen molar-refractivity contribution in [3.05, 3.63) is 136 Å². The molecule has 51 heavy (non-hydrogen) atoms. The SMILES string of the molecule is NC(=O)[C@@H](Cc1c[nH]c2ccccc12)NC(=O)[C@H](Cc1ccc(Oc2ccc([N+](=O)[O-])c3nonc23)cc1)NC(=O)c1cccc2ccccc12. The molecule has 0 saturated carbocycles. The first-order chi connectivity index (χ1) is 24.7. The maximum atomic E-state index is 13.9. The number of aromatic amines is 1. The highest BCUT2D eigenvalue weighted by molar-refractivity contribution is 6.08. The van der Waals surface area contributed by atoms with Crippen LogP contribution in [0.15, 0.2) is 114 Å². The van der Waals surface area contributed by atoms with E-state index < -0.39 is 34.7 Å². The number of nitro groups is 1. The van der Waals surface area contributed by atoms with E-state index in [1.165, 1.54) is 12.1 Å². The fourth-order valence-corrected chi connectivity index (χ4v) is 6.00. The highest BCUT2D eigenvalue weighted by Crippen LogP contribution is 2.33. The second kappa shape index (κ2) is 13.8. The fourth-order valence-electron chi connectivity index (χ4n) is 6.00. The van der Waals surface area contributed by atoms with E-state index in [4.69, 9.17) is 15.1 Å². The number of para-hydroxylation sites is 1. The Balaban J connectivity index is 1.13. The number of rotatable bonds is 12. The van der Waals surface area contributed by atoms with Crippen LogP contribution in [0.5, 0.6) is 11.5 Å². The van der Waals surface area contributed by atoms with Gasteiger partial charge in [-0.25, -0.2) is 4.63 Å². The molecule has 14 heteroatoms. The number of hydrogen-bond acceptors (Lipinski definition) is 9. The zero-order chi connectivity index (χ0) is 35.5. The van der Waals surface area contributed by atoms with Gasteiger partial charge >= 0.3 is 5.69 Å². The quantitative estimate of drug-likeness (QED) is 0.0995. The Kier molecular flexibility index (Phi) is 8.78. The van der Waals surface area contributed by atoms with Gasteiger partial charge in [0.05, 0.1) is 4.92 Å². The molecule has 0 fully saturated rings. The Morgan fingerprint density at radius 1 is 0.824 bits per heavy atom. The van der Waals surface area contributed by atoms with Gasteiger partial charge in [0.2, 0.25) is 17.3 Å². The van der Waals surface area contributed by atoms with Crippen LogP contribution in [0.4, 0.5) is 5.69 Å². The summed E-state index contributed by atoms with van der Waals surface area (Å²) in [5, 5.41) is 26.8. The Hall–Kier alpha value is -7.09. The van der Waals surface area contributed by atoms with Gasteiger partial charge in [0.1, 0.15) is 17.8 Å².